The zero-order valence-corrected chi connectivity index (χ0v) is 16.4. The van der Waals surface area contributed by atoms with Crippen LogP contribution < -0.4 is 20.1 Å². The quantitative estimate of drug-likeness (QED) is 0.805. The fraction of sp³-hybridized carbons (Fsp3) is 0.364. The number of hydrogen-bond acceptors (Lipinski definition) is 4. The largest absolute Gasteiger partial charge is 0.497 e. The highest BCUT2D eigenvalue weighted by Crippen LogP contribution is 2.31. The number of ether oxygens (including phenoxy) is 2. The van der Waals surface area contributed by atoms with Gasteiger partial charge in [0.05, 0.1) is 19.8 Å². The molecule has 3 rings (SSSR count). The first-order valence-corrected chi connectivity index (χ1v) is 9.46. The Balaban J connectivity index is 1.70. The van der Waals surface area contributed by atoms with Crippen LogP contribution in [0, 0.1) is 5.92 Å². The number of hydrogen-bond donors (Lipinski definition) is 2. The maximum absolute atomic E-state index is 12.9. The van der Waals surface area contributed by atoms with Crippen molar-refractivity contribution >= 4 is 11.8 Å². The zero-order chi connectivity index (χ0) is 20.1. The van der Waals surface area contributed by atoms with E-state index in [9.17, 15) is 9.59 Å². The molecule has 0 aliphatic carbocycles. The summed E-state index contributed by atoms with van der Waals surface area (Å²) >= 11 is 0. The van der Waals surface area contributed by atoms with E-state index in [2.05, 4.69) is 10.6 Å². The molecule has 6 heteroatoms. The monoisotopic (exact) mass is 382 g/mol. The maximum atomic E-state index is 12.9. The summed E-state index contributed by atoms with van der Waals surface area (Å²) in [7, 11) is 1.57. The van der Waals surface area contributed by atoms with Gasteiger partial charge in [0.25, 0.3) is 5.91 Å². The summed E-state index contributed by atoms with van der Waals surface area (Å²) in [6, 6.07) is 13.7. The molecule has 6 nitrogen and oxygen atoms in total. The summed E-state index contributed by atoms with van der Waals surface area (Å²) in [4.78, 5) is 25.5. The Morgan fingerprint density at radius 2 is 1.82 bits per heavy atom. The zero-order valence-electron chi connectivity index (χ0n) is 16.4. The molecule has 2 aromatic rings. The lowest BCUT2D eigenvalue weighted by molar-refractivity contribution is -0.124. The van der Waals surface area contributed by atoms with Gasteiger partial charge in [-0.05, 0) is 36.2 Å². The lowest BCUT2D eigenvalue weighted by atomic mass is 9.98. The van der Waals surface area contributed by atoms with Gasteiger partial charge in [-0.15, -0.1) is 0 Å². The molecule has 2 atom stereocenters. The van der Waals surface area contributed by atoms with E-state index in [1.54, 1.807) is 31.4 Å². The minimum Gasteiger partial charge on any atom is -0.497 e. The Labute approximate surface area is 165 Å². The van der Waals surface area contributed by atoms with Crippen LogP contribution >= 0.6 is 0 Å². The number of amides is 2. The van der Waals surface area contributed by atoms with Crippen molar-refractivity contribution in [3.63, 3.8) is 0 Å². The van der Waals surface area contributed by atoms with E-state index in [1.807, 2.05) is 38.1 Å². The minimum atomic E-state index is -0.635. The van der Waals surface area contributed by atoms with Crippen LogP contribution in [0.25, 0.3) is 0 Å². The normalized spacial score (nSPS) is 16.5. The molecule has 0 radical (unpaired) electrons. The van der Waals surface area contributed by atoms with E-state index in [4.69, 9.17) is 9.47 Å². The molecule has 0 saturated heterocycles. The predicted octanol–water partition coefficient (Wildman–Crippen LogP) is 3.09. The number of rotatable bonds is 6. The van der Waals surface area contributed by atoms with Crippen LogP contribution in [-0.4, -0.2) is 31.6 Å². The molecule has 0 unspecified atom stereocenters. The van der Waals surface area contributed by atoms with Gasteiger partial charge in [0.1, 0.15) is 17.5 Å². The van der Waals surface area contributed by atoms with Gasteiger partial charge in [-0.2, -0.15) is 0 Å². The standard InChI is InChI=1S/C22H26N2O4/c1-14(2)20(24-21(25)15-8-10-16(27-3)11-9-15)22(26)23-18-12-13-28-19-7-5-4-6-17(18)19/h4-11,14,18,20H,12-13H2,1-3H3,(H,23,26)(H,24,25)/t18-,20+/m1/s1. The second kappa shape index (κ2) is 8.78. The molecule has 1 aliphatic heterocycles. The molecule has 28 heavy (non-hydrogen) atoms. The third-order valence-electron chi connectivity index (χ3n) is 4.86. The third-order valence-corrected chi connectivity index (χ3v) is 4.86. The predicted molar refractivity (Wildman–Crippen MR) is 107 cm³/mol. The second-order valence-corrected chi connectivity index (χ2v) is 7.16. The molecule has 2 N–H and O–H groups in total. The summed E-state index contributed by atoms with van der Waals surface area (Å²) < 4.78 is 10.8. The maximum Gasteiger partial charge on any atom is 0.251 e. The van der Waals surface area contributed by atoms with E-state index in [-0.39, 0.29) is 23.8 Å². The van der Waals surface area contributed by atoms with Crippen LogP contribution in [0.1, 0.15) is 42.2 Å². The van der Waals surface area contributed by atoms with Gasteiger partial charge >= 0.3 is 0 Å². The van der Waals surface area contributed by atoms with Gasteiger partial charge in [-0.1, -0.05) is 32.0 Å². The highest BCUT2D eigenvalue weighted by Gasteiger charge is 2.29. The SMILES string of the molecule is COc1ccc(C(=O)N[C@H](C(=O)N[C@@H]2CCOc3ccccc32)C(C)C)cc1. The average Bonchev–Trinajstić information content (AvgIpc) is 2.71. The van der Waals surface area contributed by atoms with Crippen molar-refractivity contribution in [2.45, 2.75) is 32.4 Å². The number of carbonyl (C=O) groups excluding carboxylic acids is 2. The van der Waals surface area contributed by atoms with Crippen molar-refractivity contribution in [2.75, 3.05) is 13.7 Å². The smallest absolute Gasteiger partial charge is 0.251 e. The van der Waals surface area contributed by atoms with Crippen molar-refractivity contribution in [3.8, 4) is 11.5 Å². The van der Waals surface area contributed by atoms with Crippen LogP contribution in [0.4, 0.5) is 0 Å². The Morgan fingerprint density at radius 1 is 1.11 bits per heavy atom. The molecule has 0 saturated carbocycles. The summed E-state index contributed by atoms with van der Waals surface area (Å²) in [5.74, 6) is 0.926. The molecule has 1 aliphatic rings. The first-order chi connectivity index (χ1) is 13.5. The number of nitrogens with one attached hydrogen (secondary N) is 2. The fourth-order valence-electron chi connectivity index (χ4n) is 3.26. The molecule has 0 fully saturated rings. The highest BCUT2D eigenvalue weighted by atomic mass is 16.5. The summed E-state index contributed by atoms with van der Waals surface area (Å²) in [6.07, 6.45) is 0.694. The number of fused-ring (bicyclic) bond motifs is 1. The molecule has 0 spiro atoms. The number of carbonyl (C=O) groups is 2. The summed E-state index contributed by atoms with van der Waals surface area (Å²) in [6.45, 7) is 4.37. The van der Waals surface area contributed by atoms with Crippen molar-refractivity contribution in [1.82, 2.24) is 10.6 Å². The molecule has 0 aromatic heterocycles. The van der Waals surface area contributed by atoms with Crippen LogP contribution in [-0.2, 0) is 4.79 Å². The molecular weight excluding hydrogens is 356 g/mol. The molecular formula is C22H26N2O4. The lowest BCUT2D eigenvalue weighted by Crippen LogP contribution is -2.50. The molecule has 148 valence electrons. The molecule has 1 heterocycles. The van der Waals surface area contributed by atoms with Crippen LogP contribution in [0.15, 0.2) is 48.5 Å². The first kappa shape index (κ1) is 19.7. The van der Waals surface area contributed by atoms with Crippen molar-refractivity contribution < 1.29 is 19.1 Å². The van der Waals surface area contributed by atoms with Gasteiger partial charge in [-0.3, -0.25) is 9.59 Å². The molecule has 2 aromatic carbocycles. The average molecular weight is 382 g/mol. The molecule has 2 amide bonds. The highest BCUT2D eigenvalue weighted by molar-refractivity contribution is 5.97. The van der Waals surface area contributed by atoms with E-state index >= 15 is 0 Å². The van der Waals surface area contributed by atoms with Crippen LogP contribution in [0.2, 0.25) is 0 Å². The van der Waals surface area contributed by atoms with Gasteiger partial charge in [0, 0.05) is 17.5 Å². The number of para-hydroxylation sites is 1. The first-order valence-electron chi connectivity index (χ1n) is 9.46. The second-order valence-electron chi connectivity index (χ2n) is 7.16. The van der Waals surface area contributed by atoms with Crippen molar-refractivity contribution in [1.29, 1.82) is 0 Å². The van der Waals surface area contributed by atoms with Gasteiger partial charge < -0.3 is 20.1 Å². The number of benzene rings is 2. The van der Waals surface area contributed by atoms with Gasteiger partial charge in [-0.25, -0.2) is 0 Å². The minimum absolute atomic E-state index is 0.0581. The van der Waals surface area contributed by atoms with Crippen LogP contribution in [0.5, 0.6) is 11.5 Å². The topological polar surface area (TPSA) is 76.7 Å². The lowest BCUT2D eigenvalue weighted by Gasteiger charge is -2.29. The summed E-state index contributed by atoms with van der Waals surface area (Å²) in [5.41, 5.74) is 1.45. The van der Waals surface area contributed by atoms with Crippen molar-refractivity contribution in [2.24, 2.45) is 5.92 Å². The van der Waals surface area contributed by atoms with Crippen LogP contribution in [0.3, 0.4) is 0 Å². The fourth-order valence-corrected chi connectivity index (χ4v) is 3.26. The molecule has 0 bridgehead atoms. The van der Waals surface area contributed by atoms with Gasteiger partial charge in [0.2, 0.25) is 5.91 Å². The van der Waals surface area contributed by atoms with E-state index in [0.717, 1.165) is 11.3 Å². The van der Waals surface area contributed by atoms with E-state index in [1.165, 1.54) is 0 Å². The Morgan fingerprint density at radius 3 is 2.50 bits per heavy atom. The Kier molecular flexibility index (Phi) is 6.19. The van der Waals surface area contributed by atoms with E-state index in [0.29, 0.717) is 24.3 Å². The van der Waals surface area contributed by atoms with Gasteiger partial charge in [0.15, 0.2) is 0 Å². The Hall–Kier alpha value is -3.02. The van der Waals surface area contributed by atoms with E-state index < -0.39 is 6.04 Å². The third kappa shape index (κ3) is 4.44. The Bertz CT molecular complexity index is 833. The van der Waals surface area contributed by atoms with Crippen molar-refractivity contribution in [3.05, 3.63) is 59.7 Å². The summed E-state index contributed by atoms with van der Waals surface area (Å²) in [5, 5.41) is 5.94. The number of methoxy groups -OCH3 is 1.